The van der Waals surface area contributed by atoms with E-state index >= 15 is 0 Å². The van der Waals surface area contributed by atoms with E-state index in [1.165, 1.54) is 12.8 Å². The van der Waals surface area contributed by atoms with E-state index in [0.717, 1.165) is 17.7 Å². The molecule has 13 heavy (non-hydrogen) atoms. The topological polar surface area (TPSA) is 41.1 Å². The molecule has 3 rings (SSSR count). The third-order valence-corrected chi connectivity index (χ3v) is 3.15. The van der Waals surface area contributed by atoms with Gasteiger partial charge in [0.05, 0.1) is 6.67 Å². The molecular weight excluding hydrogens is 164 g/mol. The van der Waals surface area contributed by atoms with Crippen LogP contribution in [0.25, 0.3) is 0 Å². The fraction of sp³-hybridized carbons (Fsp3) is 0.500. The van der Waals surface area contributed by atoms with Gasteiger partial charge in [0.1, 0.15) is 0 Å². The average Bonchev–Trinajstić information content (AvgIpc) is 2.88. The smallest absolute Gasteiger partial charge is 0.250 e. The molecule has 1 saturated carbocycles. The van der Waals surface area contributed by atoms with Gasteiger partial charge in [0.15, 0.2) is 0 Å². The van der Waals surface area contributed by atoms with Gasteiger partial charge in [0.2, 0.25) is 0 Å². The molecule has 0 unspecified atom stereocenters. The third kappa shape index (κ3) is 0.996. The summed E-state index contributed by atoms with van der Waals surface area (Å²) in [6.07, 6.45) is 7.75. The van der Waals surface area contributed by atoms with Crippen molar-refractivity contribution < 1.29 is 4.79 Å². The monoisotopic (exact) mass is 176 g/mol. The minimum Gasteiger partial charge on any atom is -0.367 e. The SMILES string of the molecule is O=C1NCNC2=C1CC1(C=C2)CC1. The molecule has 3 aliphatic rings. The van der Waals surface area contributed by atoms with Crippen LogP contribution < -0.4 is 10.6 Å². The summed E-state index contributed by atoms with van der Waals surface area (Å²) >= 11 is 0. The summed E-state index contributed by atoms with van der Waals surface area (Å²) in [5, 5.41) is 5.98. The first-order valence-electron chi connectivity index (χ1n) is 4.74. The molecule has 3 heteroatoms. The predicted molar refractivity (Wildman–Crippen MR) is 48.6 cm³/mol. The van der Waals surface area contributed by atoms with Gasteiger partial charge in [-0.2, -0.15) is 0 Å². The van der Waals surface area contributed by atoms with Crippen molar-refractivity contribution in [2.45, 2.75) is 19.3 Å². The van der Waals surface area contributed by atoms with Crippen LogP contribution in [-0.4, -0.2) is 12.6 Å². The van der Waals surface area contributed by atoms with Crippen molar-refractivity contribution in [1.82, 2.24) is 10.6 Å². The van der Waals surface area contributed by atoms with E-state index in [1.54, 1.807) is 0 Å². The maximum atomic E-state index is 11.5. The number of amides is 1. The summed E-state index contributed by atoms with van der Waals surface area (Å²) in [5.41, 5.74) is 2.34. The summed E-state index contributed by atoms with van der Waals surface area (Å²) in [6.45, 7) is 0.564. The first-order valence-corrected chi connectivity index (χ1v) is 4.74. The molecular formula is C10H12N2O. The van der Waals surface area contributed by atoms with Gasteiger partial charge in [0, 0.05) is 11.3 Å². The summed E-state index contributed by atoms with van der Waals surface area (Å²) in [4.78, 5) is 11.5. The molecule has 1 fully saturated rings. The fourth-order valence-electron chi connectivity index (χ4n) is 2.07. The zero-order valence-corrected chi connectivity index (χ0v) is 7.39. The molecule has 1 spiro atoms. The Morgan fingerprint density at radius 1 is 1.31 bits per heavy atom. The molecule has 0 aromatic rings. The Hall–Kier alpha value is -1.25. The van der Waals surface area contributed by atoms with Gasteiger partial charge in [-0.25, -0.2) is 0 Å². The zero-order chi connectivity index (χ0) is 8.89. The molecule has 1 heterocycles. The van der Waals surface area contributed by atoms with Crippen LogP contribution in [0, 0.1) is 5.41 Å². The Morgan fingerprint density at radius 3 is 2.92 bits per heavy atom. The number of nitrogens with one attached hydrogen (secondary N) is 2. The molecule has 0 saturated heterocycles. The number of allylic oxidation sites excluding steroid dienone is 2. The lowest BCUT2D eigenvalue weighted by Crippen LogP contribution is -2.42. The van der Waals surface area contributed by atoms with Crippen molar-refractivity contribution >= 4 is 5.91 Å². The maximum absolute atomic E-state index is 11.5. The first kappa shape index (κ1) is 7.18. The second kappa shape index (κ2) is 2.16. The van der Waals surface area contributed by atoms with E-state index in [9.17, 15) is 4.79 Å². The van der Waals surface area contributed by atoms with Crippen molar-refractivity contribution in [2.75, 3.05) is 6.67 Å². The van der Waals surface area contributed by atoms with Crippen LogP contribution in [0.2, 0.25) is 0 Å². The van der Waals surface area contributed by atoms with Crippen LogP contribution in [0.3, 0.4) is 0 Å². The van der Waals surface area contributed by atoms with Crippen molar-refractivity contribution in [3.8, 4) is 0 Å². The van der Waals surface area contributed by atoms with E-state index in [-0.39, 0.29) is 5.91 Å². The van der Waals surface area contributed by atoms with Crippen LogP contribution >= 0.6 is 0 Å². The summed E-state index contributed by atoms with van der Waals surface area (Å²) in [6, 6.07) is 0. The molecule has 3 nitrogen and oxygen atoms in total. The van der Waals surface area contributed by atoms with Crippen molar-refractivity contribution in [3.63, 3.8) is 0 Å². The van der Waals surface area contributed by atoms with Gasteiger partial charge in [0.25, 0.3) is 5.91 Å². The lowest BCUT2D eigenvalue weighted by Gasteiger charge is -2.26. The van der Waals surface area contributed by atoms with Gasteiger partial charge < -0.3 is 10.6 Å². The van der Waals surface area contributed by atoms with E-state index in [1.807, 2.05) is 0 Å². The molecule has 0 atom stereocenters. The average molecular weight is 176 g/mol. The largest absolute Gasteiger partial charge is 0.367 e. The standard InChI is InChI=1S/C10H12N2O/c13-9-7-5-10(3-4-10)2-1-8(7)11-6-12-9/h1-2,11H,3-6H2,(H,12,13). The Labute approximate surface area is 76.9 Å². The van der Waals surface area contributed by atoms with E-state index < -0.39 is 0 Å². The molecule has 2 N–H and O–H groups in total. The molecule has 1 aliphatic heterocycles. The number of carbonyl (C=O) groups excluding carboxylic acids is 1. The number of rotatable bonds is 0. The van der Waals surface area contributed by atoms with Gasteiger partial charge in [-0.1, -0.05) is 6.08 Å². The summed E-state index contributed by atoms with van der Waals surface area (Å²) in [7, 11) is 0. The maximum Gasteiger partial charge on any atom is 0.250 e. The fourth-order valence-corrected chi connectivity index (χ4v) is 2.07. The lowest BCUT2D eigenvalue weighted by molar-refractivity contribution is -0.118. The molecule has 0 radical (unpaired) electrons. The highest BCUT2D eigenvalue weighted by Crippen LogP contribution is 2.54. The number of hydrogen-bond donors (Lipinski definition) is 2. The quantitative estimate of drug-likeness (QED) is 0.569. The Morgan fingerprint density at radius 2 is 2.15 bits per heavy atom. The normalized spacial score (nSPS) is 28.2. The van der Waals surface area contributed by atoms with Crippen LogP contribution in [0.15, 0.2) is 23.4 Å². The van der Waals surface area contributed by atoms with Gasteiger partial charge in [-0.05, 0) is 30.8 Å². The summed E-state index contributed by atoms with van der Waals surface area (Å²) in [5.74, 6) is 0.115. The van der Waals surface area contributed by atoms with Crippen LogP contribution in [-0.2, 0) is 4.79 Å². The van der Waals surface area contributed by atoms with Crippen molar-refractivity contribution in [1.29, 1.82) is 0 Å². The minimum absolute atomic E-state index is 0.115. The highest BCUT2D eigenvalue weighted by atomic mass is 16.1. The highest BCUT2D eigenvalue weighted by molar-refractivity contribution is 5.96. The summed E-state index contributed by atoms with van der Waals surface area (Å²) < 4.78 is 0. The van der Waals surface area contributed by atoms with Crippen molar-refractivity contribution in [3.05, 3.63) is 23.4 Å². The molecule has 68 valence electrons. The van der Waals surface area contributed by atoms with E-state index in [0.29, 0.717) is 12.1 Å². The molecule has 0 bridgehead atoms. The zero-order valence-electron chi connectivity index (χ0n) is 7.39. The van der Waals surface area contributed by atoms with E-state index in [4.69, 9.17) is 0 Å². The van der Waals surface area contributed by atoms with Crippen LogP contribution in [0.4, 0.5) is 0 Å². The highest BCUT2D eigenvalue weighted by Gasteiger charge is 2.44. The molecule has 2 aliphatic carbocycles. The Balaban J connectivity index is 1.98. The molecule has 0 aromatic heterocycles. The van der Waals surface area contributed by atoms with Crippen LogP contribution in [0.5, 0.6) is 0 Å². The van der Waals surface area contributed by atoms with Crippen LogP contribution in [0.1, 0.15) is 19.3 Å². The third-order valence-electron chi connectivity index (χ3n) is 3.15. The van der Waals surface area contributed by atoms with Gasteiger partial charge in [-0.15, -0.1) is 0 Å². The Bertz CT molecular complexity index is 337. The second-order valence-corrected chi connectivity index (χ2v) is 4.12. The first-order chi connectivity index (χ1) is 6.29. The lowest BCUT2D eigenvalue weighted by atomic mass is 9.89. The molecule has 0 aromatic carbocycles. The van der Waals surface area contributed by atoms with E-state index in [2.05, 4.69) is 22.8 Å². The van der Waals surface area contributed by atoms with Crippen molar-refractivity contribution in [2.24, 2.45) is 5.41 Å². The number of hydrogen-bond acceptors (Lipinski definition) is 2. The van der Waals surface area contributed by atoms with Gasteiger partial charge >= 0.3 is 0 Å². The second-order valence-electron chi connectivity index (χ2n) is 4.12. The number of carbonyl (C=O) groups is 1. The van der Waals surface area contributed by atoms with Gasteiger partial charge in [-0.3, -0.25) is 4.79 Å². The Kier molecular flexibility index (Phi) is 1.19. The molecule has 1 amide bonds. The minimum atomic E-state index is 0.115. The predicted octanol–water partition coefficient (Wildman–Crippen LogP) is 0.657.